The molecule has 0 aromatic heterocycles. The first-order valence-corrected chi connectivity index (χ1v) is 9.69. The lowest BCUT2D eigenvalue weighted by Gasteiger charge is -2.36. The zero-order valence-electron chi connectivity index (χ0n) is 17.7. The topological polar surface area (TPSA) is 89.5 Å². The van der Waals surface area contributed by atoms with Crippen LogP contribution in [0.3, 0.4) is 0 Å². The van der Waals surface area contributed by atoms with E-state index in [1.165, 1.54) is 0 Å². The van der Waals surface area contributed by atoms with Crippen molar-refractivity contribution in [1.29, 1.82) is 0 Å². The molecule has 0 radical (unpaired) electrons. The summed E-state index contributed by atoms with van der Waals surface area (Å²) in [7, 11) is 5.09. The molecule has 1 heterocycles. The van der Waals surface area contributed by atoms with Crippen LogP contribution in [0.4, 0.5) is 0 Å². The van der Waals surface area contributed by atoms with E-state index in [2.05, 4.69) is 32.3 Å². The first-order chi connectivity index (χ1) is 13.0. The number of nitrogens with zero attached hydrogens (tertiary/aromatic N) is 4. The van der Waals surface area contributed by atoms with Gasteiger partial charge < -0.3 is 25.2 Å². The lowest BCUT2D eigenvalue weighted by atomic mass is 10.3. The molecular weight excluding hydrogens is 475 g/mol. The highest BCUT2D eigenvalue weighted by molar-refractivity contribution is 14.0. The highest BCUT2D eigenvalue weighted by Crippen LogP contribution is 2.03. The lowest BCUT2D eigenvalue weighted by Crippen LogP contribution is -2.54. The Labute approximate surface area is 186 Å². The van der Waals surface area contributed by atoms with Crippen LogP contribution in [-0.2, 0) is 14.3 Å². The fourth-order valence-electron chi connectivity index (χ4n) is 2.60. The van der Waals surface area contributed by atoms with Crippen LogP contribution in [0.25, 0.3) is 0 Å². The van der Waals surface area contributed by atoms with Gasteiger partial charge >= 0.3 is 0 Å². The van der Waals surface area contributed by atoms with Crippen molar-refractivity contribution < 1.29 is 14.3 Å². The Morgan fingerprint density at radius 2 is 1.79 bits per heavy atom. The molecule has 0 aliphatic carbocycles. The number of methoxy groups -OCH3 is 1. The van der Waals surface area contributed by atoms with Crippen molar-refractivity contribution in [2.45, 2.75) is 19.8 Å². The first-order valence-electron chi connectivity index (χ1n) is 9.69. The number of amides is 2. The number of rotatable bonds is 10. The molecular formula is C18H37IN6O3. The van der Waals surface area contributed by atoms with Gasteiger partial charge in [0.25, 0.3) is 0 Å². The van der Waals surface area contributed by atoms with E-state index in [1.807, 2.05) is 0 Å². The predicted octanol–water partition coefficient (Wildman–Crippen LogP) is -0.181. The molecule has 1 saturated heterocycles. The fourth-order valence-corrected chi connectivity index (χ4v) is 2.60. The van der Waals surface area contributed by atoms with Gasteiger partial charge in [-0.2, -0.15) is 0 Å². The van der Waals surface area contributed by atoms with E-state index in [4.69, 9.17) is 4.74 Å². The lowest BCUT2D eigenvalue weighted by molar-refractivity contribution is -0.127. The molecule has 0 saturated carbocycles. The molecule has 0 aromatic rings. The minimum absolute atomic E-state index is 0. The highest BCUT2D eigenvalue weighted by Gasteiger charge is 2.21. The summed E-state index contributed by atoms with van der Waals surface area (Å²) in [6, 6.07) is 0. The molecule has 0 bridgehead atoms. The monoisotopic (exact) mass is 512 g/mol. The Morgan fingerprint density at radius 3 is 2.36 bits per heavy atom. The van der Waals surface area contributed by atoms with Crippen LogP contribution in [-0.4, -0.2) is 113 Å². The molecule has 1 aliphatic heterocycles. The summed E-state index contributed by atoms with van der Waals surface area (Å²) in [5.74, 6) is 0.783. The van der Waals surface area contributed by atoms with Crippen molar-refractivity contribution in [3.63, 3.8) is 0 Å². The molecule has 0 unspecified atom stereocenters. The van der Waals surface area contributed by atoms with Crippen molar-refractivity contribution in [3.8, 4) is 0 Å². The zero-order valence-corrected chi connectivity index (χ0v) is 20.0. The molecule has 1 rings (SSSR count). The zero-order chi connectivity index (χ0) is 20.1. The maximum atomic E-state index is 11.9. The van der Waals surface area contributed by atoms with Gasteiger partial charge in [0.2, 0.25) is 11.8 Å². The number of carbonyl (C=O) groups is 2. The Morgan fingerprint density at radius 1 is 1.11 bits per heavy atom. The fraction of sp³-hybridized carbons (Fsp3) is 0.833. The van der Waals surface area contributed by atoms with Crippen LogP contribution in [0.2, 0.25) is 0 Å². The Balaban J connectivity index is 0.00000729. The van der Waals surface area contributed by atoms with Gasteiger partial charge in [-0.05, 0) is 6.42 Å². The first kappa shape index (κ1) is 26.9. The number of guanidine groups is 1. The summed E-state index contributed by atoms with van der Waals surface area (Å²) in [4.78, 5) is 34.1. The van der Waals surface area contributed by atoms with E-state index >= 15 is 0 Å². The van der Waals surface area contributed by atoms with Crippen LogP contribution < -0.4 is 10.6 Å². The van der Waals surface area contributed by atoms with Gasteiger partial charge in [0.1, 0.15) is 6.54 Å². The summed E-state index contributed by atoms with van der Waals surface area (Å²) >= 11 is 0. The molecule has 1 fully saturated rings. The average molecular weight is 512 g/mol. The van der Waals surface area contributed by atoms with Gasteiger partial charge in [0.05, 0.1) is 13.2 Å². The van der Waals surface area contributed by atoms with Gasteiger partial charge in [0, 0.05) is 60.5 Å². The van der Waals surface area contributed by atoms with E-state index in [0.29, 0.717) is 19.7 Å². The van der Waals surface area contributed by atoms with E-state index in [0.717, 1.165) is 51.5 Å². The third-order valence-electron chi connectivity index (χ3n) is 4.34. The van der Waals surface area contributed by atoms with E-state index in [9.17, 15) is 9.59 Å². The highest BCUT2D eigenvalue weighted by atomic mass is 127. The third-order valence-corrected chi connectivity index (χ3v) is 4.34. The van der Waals surface area contributed by atoms with Crippen LogP contribution >= 0.6 is 24.0 Å². The van der Waals surface area contributed by atoms with Gasteiger partial charge in [-0.1, -0.05) is 13.3 Å². The molecule has 0 atom stereocenters. The number of piperazine rings is 1. The molecule has 2 amide bonds. The standard InChI is InChI=1S/C18H36N6O3.HI/c1-5-6-7-20-18(21-14-17(26)22(2)3)24-11-9-23(10-12-24)15-16(25)19-8-13-27-4;/h5-15H2,1-4H3,(H,19,25)(H,20,21);1H. The Hall–Kier alpha value is -1.14. The van der Waals surface area contributed by atoms with Crippen LogP contribution in [0.5, 0.6) is 0 Å². The van der Waals surface area contributed by atoms with Crippen molar-refractivity contribution in [2.24, 2.45) is 4.99 Å². The van der Waals surface area contributed by atoms with Gasteiger partial charge in [-0.15, -0.1) is 24.0 Å². The van der Waals surface area contributed by atoms with Gasteiger partial charge in [-0.25, -0.2) is 4.99 Å². The summed E-state index contributed by atoms with van der Waals surface area (Å²) in [5.41, 5.74) is 0. The van der Waals surface area contributed by atoms with Crippen molar-refractivity contribution >= 4 is 41.8 Å². The van der Waals surface area contributed by atoms with Crippen molar-refractivity contribution in [1.82, 2.24) is 25.3 Å². The molecule has 9 nitrogen and oxygen atoms in total. The van der Waals surface area contributed by atoms with Crippen molar-refractivity contribution in [2.75, 3.05) is 80.2 Å². The van der Waals surface area contributed by atoms with E-state index < -0.39 is 0 Å². The quantitative estimate of drug-likeness (QED) is 0.183. The third kappa shape index (κ3) is 11.0. The number of carbonyl (C=O) groups excluding carboxylic acids is 2. The summed E-state index contributed by atoms with van der Waals surface area (Å²) < 4.78 is 4.94. The minimum Gasteiger partial charge on any atom is -0.383 e. The molecule has 0 aromatic carbocycles. The smallest absolute Gasteiger partial charge is 0.243 e. The maximum Gasteiger partial charge on any atom is 0.243 e. The SMILES string of the molecule is CCCCNC(=NCC(=O)N(C)C)N1CCN(CC(=O)NCCOC)CC1.I. The molecule has 28 heavy (non-hydrogen) atoms. The number of aliphatic imine (C=N–C) groups is 1. The molecule has 10 heteroatoms. The second kappa shape index (κ2) is 15.7. The summed E-state index contributed by atoms with van der Waals surface area (Å²) in [5, 5.41) is 6.21. The number of hydrogen-bond donors (Lipinski definition) is 2. The number of halogens is 1. The normalized spacial score (nSPS) is 15.0. The predicted molar refractivity (Wildman–Crippen MR) is 122 cm³/mol. The largest absolute Gasteiger partial charge is 0.383 e. The van der Waals surface area contributed by atoms with Gasteiger partial charge in [0.15, 0.2) is 5.96 Å². The van der Waals surface area contributed by atoms with Gasteiger partial charge in [-0.3, -0.25) is 14.5 Å². The average Bonchev–Trinajstić information content (AvgIpc) is 2.65. The van der Waals surface area contributed by atoms with E-state index in [-0.39, 0.29) is 42.3 Å². The maximum absolute atomic E-state index is 11.9. The Kier molecular flexibility index (Phi) is 15.1. The molecule has 0 spiro atoms. The minimum atomic E-state index is -0.0174. The second-order valence-electron chi connectivity index (χ2n) is 6.81. The molecule has 1 aliphatic rings. The van der Waals surface area contributed by atoms with Crippen LogP contribution in [0, 0.1) is 0 Å². The summed E-state index contributed by atoms with van der Waals surface area (Å²) in [6.07, 6.45) is 2.16. The van der Waals surface area contributed by atoms with Crippen LogP contribution in [0.15, 0.2) is 4.99 Å². The number of nitrogens with one attached hydrogen (secondary N) is 2. The van der Waals surface area contributed by atoms with E-state index in [1.54, 1.807) is 26.1 Å². The van der Waals surface area contributed by atoms with Crippen molar-refractivity contribution in [3.05, 3.63) is 0 Å². The van der Waals surface area contributed by atoms with Crippen LogP contribution in [0.1, 0.15) is 19.8 Å². The Bertz CT molecular complexity index is 482. The summed E-state index contributed by atoms with van der Waals surface area (Å²) in [6.45, 7) is 7.70. The number of likely N-dealkylation sites (N-methyl/N-ethyl adjacent to an activating group) is 1. The number of unbranched alkanes of at least 4 members (excludes halogenated alkanes) is 1. The second-order valence-corrected chi connectivity index (χ2v) is 6.81. The molecule has 164 valence electrons. The number of hydrogen-bond acceptors (Lipinski definition) is 5. The number of ether oxygens (including phenoxy) is 1. The molecule has 2 N–H and O–H groups in total.